The molecule has 1 unspecified atom stereocenters. The van der Waals surface area contributed by atoms with E-state index in [1.165, 1.54) is 7.11 Å². The summed E-state index contributed by atoms with van der Waals surface area (Å²) in [5.74, 6) is -0.753. The number of carboxylic acids is 1. The van der Waals surface area contributed by atoms with Crippen LogP contribution in [0.3, 0.4) is 0 Å². The van der Waals surface area contributed by atoms with E-state index in [1.54, 1.807) is 27.9 Å². The van der Waals surface area contributed by atoms with Crippen LogP contribution in [-0.2, 0) is 16.1 Å². The van der Waals surface area contributed by atoms with E-state index >= 15 is 0 Å². The third kappa shape index (κ3) is 6.00. The first-order valence-electron chi connectivity index (χ1n) is 15.3. The molecule has 45 heavy (non-hydrogen) atoms. The van der Waals surface area contributed by atoms with Gasteiger partial charge in [-0.15, -0.1) is 0 Å². The molecule has 3 atom stereocenters. The van der Waals surface area contributed by atoms with Gasteiger partial charge in [-0.25, -0.2) is 0 Å². The zero-order valence-electron chi connectivity index (χ0n) is 25.5. The highest BCUT2D eigenvalue weighted by Gasteiger charge is 2.47. The average molecular weight is 615 g/mol. The maximum Gasteiger partial charge on any atom is 0.308 e. The Morgan fingerprint density at radius 2 is 2.00 bits per heavy atom. The lowest BCUT2D eigenvalue weighted by Crippen LogP contribution is -2.45. The van der Waals surface area contributed by atoms with E-state index < -0.39 is 23.8 Å². The monoisotopic (exact) mass is 614 g/mol. The second kappa shape index (κ2) is 13.1. The van der Waals surface area contributed by atoms with Crippen molar-refractivity contribution in [3.63, 3.8) is 0 Å². The molecular formula is C34H38N4O7. The number of amides is 1. The van der Waals surface area contributed by atoms with Crippen molar-refractivity contribution in [2.45, 2.75) is 44.7 Å². The average Bonchev–Trinajstić information content (AvgIpc) is 3.76. The molecule has 4 aromatic rings. The first-order chi connectivity index (χ1) is 21.9. The zero-order chi connectivity index (χ0) is 31.5. The molecule has 1 saturated heterocycles. The van der Waals surface area contributed by atoms with Gasteiger partial charge in [-0.05, 0) is 48.7 Å². The number of unbranched alkanes of at least 4 members (excludes halogenated alkanes) is 1. The number of aromatic hydroxyl groups is 1. The van der Waals surface area contributed by atoms with Crippen LogP contribution in [-0.4, -0.2) is 76.1 Å². The first kappa shape index (κ1) is 30.3. The predicted octanol–water partition coefficient (Wildman–Crippen LogP) is 4.87. The van der Waals surface area contributed by atoms with Crippen molar-refractivity contribution in [1.29, 1.82) is 0 Å². The number of aliphatic carboxylic acids is 1. The van der Waals surface area contributed by atoms with Gasteiger partial charge in [0.15, 0.2) is 17.4 Å². The normalized spacial score (nSPS) is 19.2. The molecule has 2 aromatic carbocycles. The molecule has 11 heteroatoms. The van der Waals surface area contributed by atoms with Crippen LogP contribution in [0, 0.1) is 5.92 Å². The van der Waals surface area contributed by atoms with E-state index in [4.69, 9.17) is 14.2 Å². The van der Waals surface area contributed by atoms with Gasteiger partial charge in [0.05, 0.1) is 31.5 Å². The molecule has 11 nitrogen and oxygen atoms in total. The van der Waals surface area contributed by atoms with Crippen LogP contribution >= 0.6 is 0 Å². The fourth-order valence-electron chi connectivity index (χ4n) is 6.68. The van der Waals surface area contributed by atoms with Crippen LogP contribution in [0.2, 0.25) is 0 Å². The number of anilines is 1. The van der Waals surface area contributed by atoms with E-state index in [2.05, 4.69) is 11.9 Å². The fourth-order valence-corrected chi connectivity index (χ4v) is 6.68. The molecule has 0 saturated carbocycles. The van der Waals surface area contributed by atoms with Crippen molar-refractivity contribution >= 4 is 28.3 Å². The zero-order valence-corrected chi connectivity index (χ0v) is 25.5. The van der Waals surface area contributed by atoms with Gasteiger partial charge in [-0.1, -0.05) is 31.5 Å². The molecule has 0 spiro atoms. The molecule has 2 aromatic heterocycles. The van der Waals surface area contributed by atoms with Gasteiger partial charge in [-0.3, -0.25) is 19.5 Å². The van der Waals surface area contributed by atoms with E-state index in [0.717, 1.165) is 29.2 Å². The van der Waals surface area contributed by atoms with Crippen LogP contribution in [0.1, 0.15) is 37.7 Å². The predicted molar refractivity (Wildman–Crippen MR) is 168 cm³/mol. The Bertz CT molecular complexity index is 1670. The number of pyridine rings is 1. The van der Waals surface area contributed by atoms with Gasteiger partial charge in [0.2, 0.25) is 18.4 Å². The highest BCUT2D eigenvalue weighted by molar-refractivity contribution is 5.94. The number of rotatable bonds is 12. The van der Waals surface area contributed by atoms with E-state index in [1.807, 2.05) is 53.6 Å². The maximum absolute atomic E-state index is 14.0. The van der Waals surface area contributed by atoms with Gasteiger partial charge in [0.1, 0.15) is 0 Å². The van der Waals surface area contributed by atoms with Crippen LogP contribution in [0.5, 0.6) is 23.1 Å². The first-order valence-corrected chi connectivity index (χ1v) is 15.3. The largest absolute Gasteiger partial charge is 0.494 e. The van der Waals surface area contributed by atoms with Crippen LogP contribution in [0.25, 0.3) is 10.8 Å². The Kier molecular flexibility index (Phi) is 8.79. The minimum atomic E-state index is -0.950. The maximum atomic E-state index is 14.0. The Morgan fingerprint density at radius 3 is 2.73 bits per heavy atom. The van der Waals surface area contributed by atoms with Crippen molar-refractivity contribution < 1.29 is 34.0 Å². The number of carbonyl (C=O) groups is 2. The molecule has 0 radical (unpaired) electrons. The van der Waals surface area contributed by atoms with Crippen LogP contribution in [0.15, 0.2) is 67.1 Å². The number of benzene rings is 2. The lowest BCUT2D eigenvalue weighted by molar-refractivity contribution is -0.143. The minimum Gasteiger partial charge on any atom is -0.494 e. The summed E-state index contributed by atoms with van der Waals surface area (Å²) in [6.07, 6.45) is 7.36. The number of methoxy groups -OCH3 is 1. The highest BCUT2D eigenvalue weighted by atomic mass is 16.7. The van der Waals surface area contributed by atoms with E-state index in [-0.39, 0.29) is 25.1 Å². The Labute approximate surface area is 261 Å². The molecule has 6 rings (SSSR count). The lowest BCUT2D eigenvalue weighted by Gasteiger charge is -2.30. The number of hydrogen-bond acceptors (Lipinski definition) is 8. The smallest absolute Gasteiger partial charge is 0.308 e. The van der Waals surface area contributed by atoms with Crippen molar-refractivity contribution in [3.05, 3.63) is 72.7 Å². The lowest BCUT2D eigenvalue weighted by atomic mass is 9.84. The minimum absolute atomic E-state index is 0.0326. The topological polar surface area (TPSA) is 127 Å². The number of nitrogens with zero attached hydrogens (tertiary/aromatic N) is 4. The summed E-state index contributed by atoms with van der Waals surface area (Å²) in [6, 6.07) is 14.4. The van der Waals surface area contributed by atoms with E-state index in [0.29, 0.717) is 49.0 Å². The highest BCUT2D eigenvalue weighted by Crippen LogP contribution is 2.47. The number of fused-ring (bicyclic) bond motifs is 2. The molecule has 2 N–H and O–H groups in total. The van der Waals surface area contributed by atoms with Gasteiger partial charge in [0, 0.05) is 54.8 Å². The Hall–Kier alpha value is -4.77. The number of hydrogen-bond donors (Lipinski definition) is 2. The third-order valence-electron chi connectivity index (χ3n) is 8.91. The Morgan fingerprint density at radius 1 is 1.16 bits per heavy atom. The molecule has 1 fully saturated rings. The van der Waals surface area contributed by atoms with Crippen molar-refractivity contribution in [2.24, 2.45) is 5.92 Å². The van der Waals surface area contributed by atoms with Gasteiger partial charge in [0.25, 0.3) is 0 Å². The van der Waals surface area contributed by atoms with E-state index in [9.17, 15) is 19.8 Å². The summed E-state index contributed by atoms with van der Waals surface area (Å²) in [5.41, 5.74) is 1.45. The fraction of sp³-hybridized carbons (Fsp3) is 0.382. The molecule has 0 bridgehead atoms. The number of ether oxygens (including phenoxy) is 3. The van der Waals surface area contributed by atoms with Crippen LogP contribution < -0.4 is 19.1 Å². The number of carbonyl (C=O) groups excluding carboxylic acids is 1. The van der Waals surface area contributed by atoms with Crippen LogP contribution in [0.4, 0.5) is 5.69 Å². The Balaban J connectivity index is 1.34. The number of aryl methyl sites for hydroxylation is 1. The molecule has 0 aliphatic carbocycles. The number of aromatic nitrogens is 2. The second-order valence-corrected chi connectivity index (χ2v) is 11.6. The summed E-state index contributed by atoms with van der Waals surface area (Å²) in [4.78, 5) is 35.0. The summed E-state index contributed by atoms with van der Waals surface area (Å²) in [7, 11) is 1.54. The summed E-state index contributed by atoms with van der Waals surface area (Å²) >= 11 is 0. The molecule has 2 aliphatic heterocycles. The summed E-state index contributed by atoms with van der Waals surface area (Å²) in [6.45, 7) is 3.41. The van der Waals surface area contributed by atoms with Gasteiger partial charge < -0.3 is 33.9 Å². The second-order valence-electron chi connectivity index (χ2n) is 11.6. The summed E-state index contributed by atoms with van der Waals surface area (Å²) < 4.78 is 18.6. The number of carboxylic acid groups (broad SMARTS) is 1. The van der Waals surface area contributed by atoms with Gasteiger partial charge >= 0.3 is 5.97 Å². The molecule has 2 aliphatic rings. The SMILES string of the molecule is CCCCN(C(=O)CN1C[C@H](c2cc(OC)c3c(c2)OCO3)C(C(=O)O)[C@@H]1CCn1cc2ccccc2c1O)c1cccnc1. The third-order valence-corrected chi connectivity index (χ3v) is 8.91. The van der Waals surface area contributed by atoms with Crippen molar-refractivity contribution in [1.82, 2.24) is 14.5 Å². The van der Waals surface area contributed by atoms with Gasteiger partial charge in [-0.2, -0.15) is 0 Å². The van der Waals surface area contributed by atoms with Crippen molar-refractivity contribution in [3.8, 4) is 23.1 Å². The molecule has 4 heterocycles. The molecular weight excluding hydrogens is 576 g/mol. The van der Waals surface area contributed by atoms with Crippen molar-refractivity contribution in [2.75, 3.05) is 38.4 Å². The number of likely N-dealkylation sites (tertiary alicyclic amines) is 1. The quantitative estimate of drug-likeness (QED) is 0.230. The summed E-state index contributed by atoms with van der Waals surface area (Å²) in [5, 5.41) is 23.3. The molecule has 1 amide bonds. The molecule has 236 valence electrons. The standard InChI is InChI=1S/C34H38N4O7/c1-3-4-13-38(24-9-7-12-35-17-24)30(39)20-37-19-26(23-15-28(43-2)32-29(16-23)44-21-45-32)31(34(41)42)27(37)11-14-36-18-22-8-5-6-10-25(22)33(36)40/h5-10,12,15-18,26-27,31,40H,3-4,11,13-14,19-21H2,1-2H3,(H,41,42)/t26-,27+,31?/m1/s1.